The molecule has 8 heteroatoms. The molecule has 0 aromatic heterocycles. The van der Waals surface area contributed by atoms with Crippen LogP contribution in [0.25, 0.3) is 0 Å². The van der Waals surface area contributed by atoms with Crippen molar-refractivity contribution in [2.75, 3.05) is 12.4 Å². The maximum absolute atomic E-state index is 13.1. The number of nitrogens with zero attached hydrogens (tertiary/aromatic N) is 1. The molecular weight excluding hydrogens is 312 g/mol. The number of nitriles is 1. The van der Waals surface area contributed by atoms with Crippen molar-refractivity contribution in [3.8, 4) is 6.07 Å². The molecule has 0 spiro atoms. The van der Waals surface area contributed by atoms with Crippen molar-refractivity contribution in [3.63, 3.8) is 0 Å². The lowest BCUT2D eigenvalue weighted by molar-refractivity contribution is -0.0360. The van der Waals surface area contributed by atoms with E-state index in [9.17, 15) is 17.2 Å². The first-order valence-electron chi connectivity index (χ1n) is 6.89. The van der Waals surface area contributed by atoms with E-state index in [4.69, 9.17) is 5.26 Å². The molecule has 0 saturated heterocycles. The van der Waals surface area contributed by atoms with Crippen LogP contribution in [0.1, 0.15) is 31.2 Å². The van der Waals surface area contributed by atoms with Gasteiger partial charge in [-0.25, -0.2) is 21.9 Å². The zero-order chi connectivity index (χ0) is 16.4. The third kappa shape index (κ3) is 3.72. The van der Waals surface area contributed by atoms with Crippen LogP contribution in [0.3, 0.4) is 0 Å². The molecule has 1 aromatic carbocycles. The predicted molar refractivity (Wildman–Crippen MR) is 78.2 cm³/mol. The van der Waals surface area contributed by atoms with E-state index in [1.54, 1.807) is 0 Å². The molecular formula is C14H17F2N3O2S. The SMILES string of the molecule is CNS(=O)(=O)c1ccc(NC2CCC(F)(F)CC2)c(C#N)c1. The number of halogens is 2. The number of hydrogen-bond acceptors (Lipinski definition) is 4. The van der Waals surface area contributed by atoms with Crippen molar-refractivity contribution < 1.29 is 17.2 Å². The Kier molecular flexibility index (Phi) is 4.68. The van der Waals surface area contributed by atoms with Gasteiger partial charge in [-0.05, 0) is 38.1 Å². The summed E-state index contributed by atoms with van der Waals surface area (Å²) in [6.45, 7) is 0. The molecule has 0 radical (unpaired) electrons. The second-order valence-corrected chi connectivity index (χ2v) is 7.19. The second kappa shape index (κ2) is 6.18. The second-order valence-electron chi connectivity index (χ2n) is 5.30. The van der Waals surface area contributed by atoms with Gasteiger partial charge in [-0.15, -0.1) is 0 Å². The molecule has 22 heavy (non-hydrogen) atoms. The van der Waals surface area contributed by atoms with Crippen molar-refractivity contribution in [1.82, 2.24) is 4.72 Å². The number of sulfonamides is 1. The highest BCUT2D eigenvalue weighted by Gasteiger charge is 2.35. The average Bonchev–Trinajstić information content (AvgIpc) is 2.49. The topological polar surface area (TPSA) is 82.0 Å². The summed E-state index contributed by atoms with van der Waals surface area (Å²) in [6.07, 6.45) is 0.264. The highest BCUT2D eigenvalue weighted by atomic mass is 32.2. The molecule has 0 unspecified atom stereocenters. The van der Waals surface area contributed by atoms with E-state index < -0.39 is 15.9 Å². The smallest absolute Gasteiger partial charge is 0.248 e. The van der Waals surface area contributed by atoms with Crippen LogP contribution in [0.15, 0.2) is 23.1 Å². The molecule has 0 bridgehead atoms. The fraction of sp³-hybridized carbons (Fsp3) is 0.500. The monoisotopic (exact) mass is 329 g/mol. The quantitative estimate of drug-likeness (QED) is 0.889. The summed E-state index contributed by atoms with van der Waals surface area (Å²) in [4.78, 5) is -0.00715. The van der Waals surface area contributed by atoms with Crippen molar-refractivity contribution in [2.45, 2.75) is 42.5 Å². The van der Waals surface area contributed by atoms with E-state index in [-0.39, 0.29) is 29.3 Å². The van der Waals surface area contributed by atoms with Gasteiger partial charge in [0.2, 0.25) is 15.9 Å². The summed E-state index contributed by atoms with van der Waals surface area (Å²) in [5, 5.41) is 12.2. The molecule has 1 fully saturated rings. The molecule has 2 N–H and O–H groups in total. The number of benzene rings is 1. The van der Waals surface area contributed by atoms with Gasteiger partial charge < -0.3 is 5.32 Å². The lowest BCUT2D eigenvalue weighted by Gasteiger charge is -2.29. The minimum absolute atomic E-state index is 0.00715. The fourth-order valence-electron chi connectivity index (χ4n) is 2.43. The summed E-state index contributed by atoms with van der Waals surface area (Å²) in [5.74, 6) is -2.61. The van der Waals surface area contributed by atoms with Gasteiger partial charge >= 0.3 is 0 Å². The van der Waals surface area contributed by atoms with Gasteiger partial charge in [-0.3, -0.25) is 0 Å². The Hall–Kier alpha value is -1.72. The summed E-state index contributed by atoms with van der Waals surface area (Å²) < 4.78 is 51.9. The number of nitrogens with one attached hydrogen (secondary N) is 2. The molecule has 1 aromatic rings. The molecule has 1 aliphatic carbocycles. The standard InChI is InChI=1S/C14H17F2N3O2S/c1-18-22(20,21)12-2-3-13(10(8-12)9-17)19-11-4-6-14(15,16)7-5-11/h2-3,8,11,18-19H,4-7H2,1H3. The van der Waals surface area contributed by atoms with Crippen LogP contribution in [0.4, 0.5) is 14.5 Å². The van der Waals surface area contributed by atoms with Gasteiger partial charge in [0.1, 0.15) is 6.07 Å². The Morgan fingerprint density at radius 2 is 1.95 bits per heavy atom. The number of anilines is 1. The minimum Gasteiger partial charge on any atom is -0.381 e. The van der Waals surface area contributed by atoms with Crippen LogP contribution < -0.4 is 10.0 Å². The van der Waals surface area contributed by atoms with Gasteiger partial charge in [0.05, 0.1) is 16.1 Å². The summed E-state index contributed by atoms with van der Waals surface area (Å²) in [6, 6.07) is 5.94. The lowest BCUT2D eigenvalue weighted by atomic mass is 9.92. The third-order valence-corrected chi connectivity index (χ3v) is 5.18. The molecule has 1 aliphatic rings. The maximum Gasteiger partial charge on any atom is 0.248 e. The normalized spacial score (nSPS) is 18.6. The zero-order valence-corrected chi connectivity index (χ0v) is 12.9. The Bertz CT molecular complexity index is 689. The van der Waals surface area contributed by atoms with E-state index in [2.05, 4.69) is 10.0 Å². The number of rotatable bonds is 4. The molecule has 0 atom stereocenters. The Labute approximate surface area is 128 Å². The Balaban J connectivity index is 2.18. The van der Waals surface area contributed by atoms with Gasteiger partial charge in [0.15, 0.2) is 0 Å². The third-order valence-electron chi connectivity index (χ3n) is 3.77. The van der Waals surface area contributed by atoms with Crippen LogP contribution >= 0.6 is 0 Å². The first kappa shape index (κ1) is 16.6. The molecule has 2 rings (SSSR count). The van der Waals surface area contributed by atoms with Gasteiger partial charge in [-0.1, -0.05) is 0 Å². The molecule has 120 valence electrons. The van der Waals surface area contributed by atoms with Crippen LogP contribution in [0.2, 0.25) is 0 Å². The molecule has 5 nitrogen and oxygen atoms in total. The van der Waals surface area contributed by atoms with Gasteiger partial charge in [0.25, 0.3) is 0 Å². The van der Waals surface area contributed by atoms with Crippen molar-refractivity contribution in [3.05, 3.63) is 23.8 Å². The first-order valence-corrected chi connectivity index (χ1v) is 8.38. The summed E-state index contributed by atoms with van der Waals surface area (Å²) >= 11 is 0. The molecule has 0 amide bonds. The van der Waals surface area contributed by atoms with Crippen LogP contribution in [0, 0.1) is 11.3 Å². The largest absolute Gasteiger partial charge is 0.381 e. The van der Waals surface area contributed by atoms with E-state index in [1.165, 1.54) is 25.2 Å². The Morgan fingerprint density at radius 3 is 2.50 bits per heavy atom. The van der Waals surface area contributed by atoms with Gasteiger partial charge in [-0.2, -0.15) is 5.26 Å². The fourth-order valence-corrected chi connectivity index (χ4v) is 3.19. The minimum atomic E-state index is -3.62. The van der Waals surface area contributed by atoms with Crippen LogP contribution in [-0.2, 0) is 10.0 Å². The zero-order valence-electron chi connectivity index (χ0n) is 12.1. The van der Waals surface area contributed by atoms with E-state index in [0.717, 1.165) is 0 Å². The first-order chi connectivity index (χ1) is 10.3. The average molecular weight is 329 g/mol. The number of alkyl halides is 2. The highest BCUT2D eigenvalue weighted by Crippen LogP contribution is 2.34. The predicted octanol–water partition coefficient (Wildman–Crippen LogP) is 2.46. The van der Waals surface area contributed by atoms with Crippen molar-refractivity contribution in [2.24, 2.45) is 0 Å². The van der Waals surface area contributed by atoms with Gasteiger partial charge in [0, 0.05) is 18.9 Å². The van der Waals surface area contributed by atoms with Crippen molar-refractivity contribution >= 4 is 15.7 Å². The highest BCUT2D eigenvalue weighted by molar-refractivity contribution is 7.89. The molecule has 1 saturated carbocycles. The van der Waals surface area contributed by atoms with E-state index in [0.29, 0.717) is 18.5 Å². The van der Waals surface area contributed by atoms with E-state index in [1.807, 2.05) is 6.07 Å². The van der Waals surface area contributed by atoms with Crippen LogP contribution in [-0.4, -0.2) is 27.4 Å². The summed E-state index contributed by atoms with van der Waals surface area (Å²) in [7, 11) is -2.34. The lowest BCUT2D eigenvalue weighted by Crippen LogP contribution is -2.32. The van der Waals surface area contributed by atoms with Crippen LogP contribution in [0.5, 0.6) is 0 Å². The van der Waals surface area contributed by atoms with Crippen molar-refractivity contribution in [1.29, 1.82) is 5.26 Å². The summed E-state index contributed by atoms with van der Waals surface area (Å²) in [5.41, 5.74) is 0.640. The number of hydrogen-bond donors (Lipinski definition) is 2. The molecule has 0 aliphatic heterocycles. The maximum atomic E-state index is 13.1. The van der Waals surface area contributed by atoms with E-state index >= 15 is 0 Å². The Morgan fingerprint density at radius 1 is 1.32 bits per heavy atom. The molecule has 0 heterocycles.